The lowest BCUT2D eigenvalue weighted by Gasteiger charge is -2.11. The Morgan fingerprint density at radius 3 is 3.00 bits per heavy atom. The number of benzene rings is 1. The summed E-state index contributed by atoms with van der Waals surface area (Å²) in [5, 5.41) is 5.80. The SMILES string of the molecule is NC(=O)CCNC1C(=O)Nc2cccc(Br)c21. The second-order valence-electron chi connectivity index (χ2n) is 3.79. The molecule has 6 heteroatoms. The van der Waals surface area contributed by atoms with Crippen LogP contribution in [0.1, 0.15) is 18.0 Å². The Morgan fingerprint density at radius 2 is 2.29 bits per heavy atom. The maximum atomic E-state index is 11.7. The molecule has 1 aliphatic rings. The Kier molecular flexibility index (Phi) is 3.44. The molecule has 90 valence electrons. The summed E-state index contributed by atoms with van der Waals surface area (Å²) in [5.41, 5.74) is 6.72. The van der Waals surface area contributed by atoms with Gasteiger partial charge in [-0.15, -0.1) is 0 Å². The number of carbonyl (C=O) groups is 2. The van der Waals surface area contributed by atoms with Crippen LogP contribution in [0, 0.1) is 0 Å². The van der Waals surface area contributed by atoms with Crippen molar-refractivity contribution in [2.45, 2.75) is 12.5 Å². The molecule has 0 saturated carbocycles. The van der Waals surface area contributed by atoms with Crippen LogP contribution in [0.15, 0.2) is 22.7 Å². The average Bonchev–Trinajstić information content (AvgIpc) is 2.56. The van der Waals surface area contributed by atoms with Crippen molar-refractivity contribution < 1.29 is 9.59 Å². The van der Waals surface area contributed by atoms with Gasteiger partial charge in [-0.25, -0.2) is 0 Å². The fourth-order valence-electron chi connectivity index (χ4n) is 1.81. The van der Waals surface area contributed by atoms with E-state index in [1.165, 1.54) is 0 Å². The van der Waals surface area contributed by atoms with E-state index in [9.17, 15) is 9.59 Å². The van der Waals surface area contributed by atoms with Crippen molar-refractivity contribution >= 4 is 33.4 Å². The van der Waals surface area contributed by atoms with Crippen LogP contribution in [0.5, 0.6) is 0 Å². The van der Waals surface area contributed by atoms with Crippen molar-refractivity contribution in [3.8, 4) is 0 Å². The highest BCUT2D eigenvalue weighted by atomic mass is 79.9. The summed E-state index contributed by atoms with van der Waals surface area (Å²) >= 11 is 3.41. The Labute approximate surface area is 107 Å². The number of hydrogen-bond donors (Lipinski definition) is 3. The van der Waals surface area contributed by atoms with E-state index in [0.717, 1.165) is 15.7 Å². The third kappa shape index (κ3) is 2.48. The maximum absolute atomic E-state index is 11.7. The van der Waals surface area contributed by atoms with Gasteiger partial charge in [0.25, 0.3) is 0 Å². The first kappa shape index (κ1) is 12.1. The molecule has 2 rings (SSSR count). The van der Waals surface area contributed by atoms with E-state index in [1.807, 2.05) is 18.2 Å². The van der Waals surface area contributed by atoms with Crippen LogP contribution in [0.2, 0.25) is 0 Å². The Hall–Kier alpha value is -1.40. The predicted octanol–water partition coefficient (Wildman–Crippen LogP) is 0.907. The normalized spacial score (nSPS) is 17.7. The van der Waals surface area contributed by atoms with Crippen molar-refractivity contribution in [1.82, 2.24) is 5.32 Å². The lowest BCUT2D eigenvalue weighted by atomic mass is 10.1. The standard InChI is InChI=1S/C11H12BrN3O2/c12-6-2-1-3-7-9(6)10(11(17)15-7)14-5-4-8(13)16/h1-3,10,14H,4-5H2,(H2,13,16)(H,15,17). The first-order valence-corrected chi connectivity index (χ1v) is 6.00. The number of anilines is 1. The molecule has 0 aromatic heterocycles. The minimum Gasteiger partial charge on any atom is -0.370 e. The number of halogens is 1. The third-order valence-corrected chi connectivity index (χ3v) is 3.27. The Bertz CT molecular complexity index is 476. The quantitative estimate of drug-likeness (QED) is 0.772. The lowest BCUT2D eigenvalue weighted by molar-refractivity contribution is -0.119. The van der Waals surface area contributed by atoms with Crippen LogP contribution in [0.25, 0.3) is 0 Å². The van der Waals surface area contributed by atoms with E-state index < -0.39 is 6.04 Å². The molecule has 0 radical (unpaired) electrons. The Morgan fingerprint density at radius 1 is 1.53 bits per heavy atom. The number of amides is 2. The van der Waals surface area contributed by atoms with Gasteiger partial charge in [-0.05, 0) is 12.1 Å². The highest BCUT2D eigenvalue weighted by Crippen LogP contribution is 2.36. The van der Waals surface area contributed by atoms with Crippen molar-refractivity contribution in [1.29, 1.82) is 0 Å². The second-order valence-corrected chi connectivity index (χ2v) is 4.65. The van der Waals surface area contributed by atoms with Crippen molar-refractivity contribution in [3.05, 3.63) is 28.2 Å². The van der Waals surface area contributed by atoms with Crippen molar-refractivity contribution in [3.63, 3.8) is 0 Å². The molecule has 1 heterocycles. The largest absolute Gasteiger partial charge is 0.370 e. The topological polar surface area (TPSA) is 84.2 Å². The number of rotatable bonds is 4. The summed E-state index contributed by atoms with van der Waals surface area (Å²) in [6.45, 7) is 0.383. The molecule has 1 aliphatic heterocycles. The van der Waals surface area contributed by atoms with E-state index in [1.54, 1.807) is 0 Å². The van der Waals surface area contributed by atoms with Gasteiger partial charge in [0, 0.05) is 28.7 Å². The molecule has 0 fully saturated rings. The van der Waals surface area contributed by atoms with Crippen LogP contribution in [0.3, 0.4) is 0 Å². The maximum Gasteiger partial charge on any atom is 0.246 e. The van der Waals surface area contributed by atoms with E-state index in [-0.39, 0.29) is 18.2 Å². The highest BCUT2D eigenvalue weighted by molar-refractivity contribution is 9.10. The zero-order valence-corrected chi connectivity index (χ0v) is 10.6. The summed E-state index contributed by atoms with van der Waals surface area (Å²) in [6.07, 6.45) is 0.212. The summed E-state index contributed by atoms with van der Waals surface area (Å²) in [5.74, 6) is -0.500. The number of carbonyl (C=O) groups excluding carboxylic acids is 2. The number of fused-ring (bicyclic) bond motifs is 1. The fraction of sp³-hybridized carbons (Fsp3) is 0.273. The first-order chi connectivity index (χ1) is 8.09. The summed E-state index contributed by atoms with van der Waals surface area (Å²) in [7, 11) is 0. The molecule has 5 nitrogen and oxygen atoms in total. The molecular weight excluding hydrogens is 286 g/mol. The molecule has 0 bridgehead atoms. The van der Waals surface area contributed by atoms with Crippen molar-refractivity contribution in [2.75, 3.05) is 11.9 Å². The molecule has 1 atom stereocenters. The summed E-state index contributed by atoms with van der Waals surface area (Å²) < 4.78 is 0.866. The van der Waals surface area contributed by atoms with Crippen LogP contribution in [0.4, 0.5) is 5.69 Å². The molecule has 1 aromatic rings. The minimum absolute atomic E-state index is 0.114. The highest BCUT2D eigenvalue weighted by Gasteiger charge is 2.31. The number of nitrogens with one attached hydrogen (secondary N) is 2. The van der Waals surface area contributed by atoms with Crippen LogP contribution in [-0.4, -0.2) is 18.4 Å². The molecule has 0 spiro atoms. The van der Waals surface area contributed by atoms with Crippen LogP contribution >= 0.6 is 15.9 Å². The van der Waals surface area contributed by atoms with Gasteiger partial charge in [-0.1, -0.05) is 22.0 Å². The number of primary amides is 1. The summed E-state index contributed by atoms with van der Waals surface area (Å²) in [6, 6.07) is 5.14. The monoisotopic (exact) mass is 297 g/mol. The van der Waals surface area contributed by atoms with E-state index in [4.69, 9.17) is 5.73 Å². The van der Waals surface area contributed by atoms with Crippen LogP contribution < -0.4 is 16.4 Å². The van der Waals surface area contributed by atoms with Gasteiger partial charge in [-0.3, -0.25) is 9.59 Å². The second kappa shape index (κ2) is 4.85. The van der Waals surface area contributed by atoms with E-state index in [0.29, 0.717) is 6.54 Å². The molecule has 2 amide bonds. The average molecular weight is 298 g/mol. The lowest BCUT2D eigenvalue weighted by Crippen LogP contribution is -2.30. The van der Waals surface area contributed by atoms with Gasteiger partial charge in [0.15, 0.2) is 0 Å². The predicted molar refractivity (Wildman–Crippen MR) is 67.3 cm³/mol. The number of hydrogen-bond acceptors (Lipinski definition) is 3. The molecule has 4 N–H and O–H groups in total. The molecule has 0 aliphatic carbocycles. The van der Waals surface area contributed by atoms with Gasteiger partial charge in [-0.2, -0.15) is 0 Å². The molecule has 1 aromatic carbocycles. The van der Waals surface area contributed by atoms with Gasteiger partial charge in [0.1, 0.15) is 6.04 Å². The summed E-state index contributed by atoms with van der Waals surface area (Å²) in [4.78, 5) is 22.4. The Balaban J connectivity index is 2.14. The molecule has 1 unspecified atom stereocenters. The molecule has 0 saturated heterocycles. The van der Waals surface area contributed by atoms with Gasteiger partial charge in [0.2, 0.25) is 11.8 Å². The van der Waals surface area contributed by atoms with Gasteiger partial charge >= 0.3 is 0 Å². The van der Waals surface area contributed by atoms with Crippen molar-refractivity contribution in [2.24, 2.45) is 5.73 Å². The first-order valence-electron chi connectivity index (χ1n) is 5.20. The van der Waals surface area contributed by atoms with Gasteiger partial charge in [0.05, 0.1) is 0 Å². The zero-order valence-electron chi connectivity index (χ0n) is 9.00. The molecule has 17 heavy (non-hydrogen) atoms. The third-order valence-electron chi connectivity index (χ3n) is 2.58. The fourth-order valence-corrected chi connectivity index (χ4v) is 2.40. The minimum atomic E-state index is -0.431. The van der Waals surface area contributed by atoms with E-state index >= 15 is 0 Å². The number of nitrogens with two attached hydrogens (primary N) is 1. The smallest absolute Gasteiger partial charge is 0.246 e. The molecular formula is C11H12BrN3O2. The van der Waals surface area contributed by atoms with Crippen LogP contribution in [-0.2, 0) is 9.59 Å². The van der Waals surface area contributed by atoms with Gasteiger partial charge < -0.3 is 16.4 Å². The van der Waals surface area contributed by atoms with E-state index in [2.05, 4.69) is 26.6 Å². The zero-order chi connectivity index (χ0) is 12.4.